The normalized spacial score (nSPS) is 11.2. The minimum absolute atomic E-state index is 0. The minimum Gasteiger partial charge on any atom is -1.00 e. The largest absolute Gasteiger partial charge is 1.00 e. The number of halogens is 1. The molecule has 0 amide bonds. The van der Waals surface area contributed by atoms with E-state index in [2.05, 4.69) is 158 Å². The maximum atomic E-state index is 2.38. The fraction of sp³-hybridized carbons (Fsp3) is 0.0588. The van der Waals surface area contributed by atoms with Crippen LogP contribution in [0.3, 0.4) is 0 Å². The number of rotatable bonds is 8. The molecule has 0 saturated heterocycles. The van der Waals surface area contributed by atoms with Gasteiger partial charge in [0.1, 0.15) is 23.2 Å². The number of allylic oxidation sites excluding steroid dienone is 1. The monoisotopic (exact) mass is 504 g/mol. The van der Waals surface area contributed by atoms with E-state index in [4.69, 9.17) is 0 Å². The highest BCUT2D eigenvalue weighted by Crippen LogP contribution is 2.58. The van der Waals surface area contributed by atoms with Crippen molar-refractivity contribution >= 4 is 29.3 Å². The van der Waals surface area contributed by atoms with E-state index in [0.29, 0.717) is 0 Å². The molecule has 0 spiro atoms. The molecule has 5 aromatic carbocycles. The van der Waals surface area contributed by atoms with Crippen LogP contribution in [0.2, 0.25) is 0 Å². The van der Waals surface area contributed by atoms with Crippen LogP contribution in [0.15, 0.2) is 152 Å². The molecule has 178 valence electrons. The van der Waals surface area contributed by atoms with E-state index in [1.807, 2.05) is 0 Å². The van der Waals surface area contributed by atoms with Gasteiger partial charge in [0, 0.05) is 0 Å². The van der Waals surface area contributed by atoms with Crippen LogP contribution in [0.25, 0.3) is 6.08 Å². The molecule has 0 fully saturated rings. The van der Waals surface area contributed by atoms with Crippen LogP contribution in [-0.4, -0.2) is 0 Å². The summed E-state index contributed by atoms with van der Waals surface area (Å²) in [5.74, 6) is 0. The summed E-state index contributed by atoms with van der Waals surface area (Å²) in [5, 5.41) is 4.32. The fourth-order valence-electron chi connectivity index (χ4n) is 4.86. The second-order valence-corrected chi connectivity index (χ2v) is 12.2. The molecule has 0 N–H and O–H groups in total. The highest BCUT2D eigenvalue weighted by molar-refractivity contribution is 7.95. The molecule has 0 nitrogen and oxygen atoms in total. The molecule has 36 heavy (non-hydrogen) atoms. The van der Waals surface area contributed by atoms with Crippen LogP contribution in [0.1, 0.15) is 16.7 Å². The van der Waals surface area contributed by atoms with Crippen LogP contribution in [0, 0.1) is 0 Å². The van der Waals surface area contributed by atoms with Gasteiger partial charge in [-0.15, -0.1) is 0 Å². The smallest absolute Gasteiger partial charge is 0.116 e. The van der Waals surface area contributed by atoms with Crippen molar-refractivity contribution in [2.24, 2.45) is 0 Å². The van der Waals surface area contributed by atoms with E-state index < -0.39 is 7.26 Å². The summed E-state index contributed by atoms with van der Waals surface area (Å²) in [4.78, 5) is 0. The maximum absolute atomic E-state index is 2.38. The first-order chi connectivity index (χ1) is 17.4. The van der Waals surface area contributed by atoms with Crippen molar-refractivity contribution in [1.82, 2.24) is 0 Å². The van der Waals surface area contributed by atoms with Crippen molar-refractivity contribution in [2.75, 3.05) is 0 Å². The average Bonchev–Trinajstić information content (AvgIpc) is 2.94. The first-order valence-corrected chi connectivity index (χ1v) is 14.2. The number of hydrogen-bond donors (Lipinski definition) is 0. The van der Waals surface area contributed by atoms with Gasteiger partial charge in [-0.2, -0.15) is 0 Å². The molecule has 0 aliphatic carbocycles. The highest BCUT2D eigenvalue weighted by atomic mass is 35.5. The van der Waals surface area contributed by atoms with Crippen molar-refractivity contribution in [3.05, 3.63) is 168 Å². The first kappa shape index (κ1) is 25.6. The number of hydrogen-bond acceptors (Lipinski definition) is 0. The zero-order valence-electron chi connectivity index (χ0n) is 20.3. The van der Waals surface area contributed by atoms with Crippen molar-refractivity contribution in [3.8, 4) is 0 Å². The lowest BCUT2D eigenvalue weighted by molar-refractivity contribution is -0.00000674. The molecule has 0 bridgehead atoms. The van der Waals surface area contributed by atoms with Crippen molar-refractivity contribution in [2.45, 2.75) is 12.6 Å². The van der Waals surface area contributed by atoms with Gasteiger partial charge in [-0.05, 0) is 53.4 Å². The molecule has 0 unspecified atom stereocenters. The van der Waals surface area contributed by atoms with Crippen LogP contribution in [-0.2, 0) is 12.6 Å². The van der Waals surface area contributed by atoms with Gasteiger partial charge in [-0.25, -0.2) is 0 Å². The summed E-state index contributed by atoms with van der Waals surface area (Å²) < 4.78 is 0. The molecule has 0 atom stereocenters. The Bertz CT molecular complexity index is 1320. The van der Waals surface area contributed by atoms with Gasteiger partial charge in [-0.3, -0.25) is 0 Å². The summed E-state index contributed by atoms with van der Waals surface area (Å²) in [6.07, 6.45) is 6.45. The fourth-order valence-corrected chi connectivity index (χ4v) is 9.37. The quantitative estimate of drug-likeness (QED) is 0.274. The lowest BCUT2D eigenvalue weighted by Gasteiger charge is -2.29. The Labute approximate surface area is 222 Å². The van der Waals surface area contributed by atoms with E-state index in [9.17, 15) is 0 Å². The summed E-state index contributed by atoms with van der Waals surface area (Å²) in [5.41, 5.74) is 4.02. The predicted octanol–water partition coefficient (Wildman–Crippen LogP) is 4.44. The van der Waals surface area contributed by atoms with Crippen LogP contribution >= 0.6 is 7.26 Å². The Morgan fingerprint density at radius 2 is 0.972 bits per heavy atom. The van der Waals surface area contributed by atoms with Gasteiger partial charge >= 0.3 is 0 Å². The van der Waals surface area contributed by atoms with Crippen molar-refractivity contribution < 1.29 is 12.4 Å². The van der Waals surface area contributed by atoms with Crippen molar-refractivity contribution in [1.29, 1.82) is 0 Å². The standard InChI is InChI=1S/C34H30P.ClH/c1-5-16-29(17-6-1)20-15-22-31-21-13-14-27-34(31)35(32-23-9-3-10-24-32,33-25-11-4-12-26-33)28-30-18-7-2-8-19-30;/h1-21,23-27H,22,28H2;1H/q+1;/p-1. The Balaban J connectivity index is 0.00000304. The molecule has 0 heterocycles. The van der Waals surface area contributed by atoms with Crippen LogP contribution in [0.4, 0.5) is 0 Å². The Morgan fingerprint density at radius 3 is 1.56 bits per heavy atom. The summed E-state index contributed by atoms with van der Waals surface area (Å²) in [6.45, 7) is 0. The molecule has 5 aromatic rings. The topological polar surface area (TPSA) is 0 Å². The van der Waals surface area contributed by atoms with E-state index in [1.54, 1.807) is 0 Å². The maximum Gasteiger partial charge on any atom is 0.116 e. The second-order valence-electron chi connectivity index (χ2n) is 8.77. The molecule has 2 heteroatoms. The van der Waals surface area contributed by atoms with Crippen LogP contribution < -0.4 is 28.3 Å². The summed E-state index contributed by atoms with van der Waals surface area (Å²) in [6, 6.07) is 53.0. The Hall–Kier alpha value is -3.44. The third-order valence-electron chi connectivity index (χ3n) is 6.51. The summed E-state index contributed by atoms with van der Waals surface area (Å²) >= 11 is 0. The number of benzene rings is 5. The highest BCUT2D eigenvalue weighted by Gasteiger charge is 2.46. The van der Waals surface area contributed by atoms with Gasteiger partial charge in [0.15, 0.2) is 0 Å². The lowest BCUT2D eigenvalue weighted by Crippen LogP contribution is -3.00. The molecule has 0 saturated carbocycles. The van der Waals surface area contributed by atoms with Gasteiger partial charge in [0.05, 0.1) is 6.16 Å². The van der Waals surface area contributed by atoms with Crippen molar-refractivity contribution in [3.63, 3.8) is 0 Å². The molecule has 0 aliphatic heterocycles. The van der Waals surface area contributed by atoms with E-state index in [0.717, 1.165) is 12.6 Å². The van der Waals surface area contributed by atoms with E-state index in [1.165, 1.54) is 32.6 Å². The minimum atomic E-state index is -1.96. The van der Waals surface area contributed by atoms with Gasteiger partial charge in [0.25, 0.3) is 0 Å². The third-order valence-corrected chi connectivity index (χ3v) is 11.0. The Morgan fingerprint density at radius 1 is 0.500 bits per heavy atom. The van der Waals surface area contributed by atoms with Gasteiger partial charge < -0.3 is 12.4 Å². The molecule has 5 rings (SSSR count). The van der Waals surface area contributed by atoms with Gasteiger partial charge in [-0.1, -0.05) is 127 Å². The Kier molecular flexibility index (Phi) is 8.90. The second kappa shape index (κ2) is 12.5. The van der Waals surface area contributed by atoms with E-state index in [-0.39, 0.29) is 12.4 Å². The molecule has 0 radical (unpaired) electrons. The first-order valence-electron chi connectivity index (χ1n) is 12.2. The van der Waals surface area contributed by atoms with Gasteiger partial charge in [0.2, 0.25) is 0 Å². The molecule has 0 aromatic heterocycles. The SMILES string of the molecule is C(=Cc1ccccc1)Cc1ccccc1[P+](Cc1ccccc1)(c1ccccc1)c1ccccc1.[Cl-]. The summed E-state index contributed by atoms with van der Waals surface area (Å²) in [7, 11) is -1.96. The molecular weight excluding hydrogens is 475 g/mol. The predicted molar refractivity (Wildman–Crippen MR) is 154 cm³/mol. The lowest BCUT2D eigenvalue weighted by atomic mass is 10.1. The molecular formula is C34H30ClP. The average molecular weight is 505 g/mol. The van der Waals surface area contributed by atoms with E-state index >= 15 is 0 Å². The molecule has 0 aliphatic rings. The third kappa shape index (κ3) is 5.68. The zero-order valence-corrected chi connectivity index (χ0v) is 21.9. The zero-order chi connectivity index (χ0) is 23.8. The van der Waals surface area contributed by atoms with Crippen LogP contribution in [0.5, 0.6) is 0 Å².